The van der Waals surface area contributed by atoms with Gasteiger partial charge in [0.05, 0.1) is 6.07 Å². The monoisotopic (exact) mass is 287 g/mol. The van der Waals surface area contributed by atoms with E-state index < -0.39 is 0 Å². The minimum absolute atomic E-state index is 0.165. The van der Waals surface area contributed by atoms with Crippen LogP contribution in [0.15, 0.2) is 23.1 Å². The average molecular weight is 287 g/mol. The van der Waals surface area contributed by atoms with E-state index in [9.17, 15) is 4.79 Å². The van der Waals surface area contributed by atoms with Crippen LogP contribution < -0.4 is 5.56 Å². The van der Waals surface area contributed by atoms with Gasteiger partial charge in [0.15, 0.2) is 0 Å². The van der Waals surface area contributed by atoms with Crippen LogP contribution in [0.5, 0.6) is 0 Å². The Morgan fingerprint density at radius 1 is 1.48 bits per heavy atom. The summed E-state index contributed by atoms with van der Waals surface area (Å²) in [6, 6.07) is 6.40. The normalized spacial score (nSPS) is 19.6. The molecule has 0 N–H and O–H groups in total. The summed E-state index contributed by atoms with van der Waals surface area (Å²) in [5.41, 5.74) is 1.08. The van der Waals surface area contributed by atoms with Gasteiger partial charge in [-0.15, -0.1) is 0 Å². The number of likely N-dealkylation sites (tertiary alicyclic amines) is 1. The van der Waals surface area contributed by atoms with E-state index in [4.69, 9.17) is 5.26 Å². The lowest BCUT2D eigenvalue weighted by molar-refractivity contribution is 0.178. The highest BCUT2D eigenvalue weighted by Crippen LogP contribution is 2.20. The van der Waals surface area contributed by atoms with Gasteiger partial charge in [0, 0.05) is 37.3 Å². The molecule has 1 saturated heterocycles. The Bertz CT molecular complexity index is 556. The maximum Gasteiger partial charge on any atom is 0.254 e. The summed E-state index contributed by atoms with van der Waals surface area (Å²) >= 11 is 0. The second-order valence-electron chi connectivity index (χ2n) is 6.35. The average Bonchev–Trinajstić information content (AvgIpc) is 2.47. The summed E-state index contributed by atoms with van der Waals surface area (Å²) < 4.78 is 1.91. The fourth-order valence-corrected chi connectivity index (χ4v) is 3.11. The third-order valence-corrected chi connectivity index (χ3v) is 4.10. The van der Waals surface area contributed by atoms with Gasteiger partial charge in [-0.3, -0.25) is 4.79 Å². The fourth-order valence-electron chi connectivity index (χ4n) is 3.11. The fraction of sp³-hybridized carbons (Fsp3) is 0.647. The van der Waals surface area contributed by atoms with E-state index in [1.54, 1.807) is 0 Å². The van der Waals surface area contributed by atoms with Gasteiger partial charge in [-0.05, 0) is 37.8 Å². The molecule has 2 heterocycles. The molecule has 0 spiro atoms. The topological polar surface area (TPSA) is 49.0 Å². The second kappa shape index (κ2) is 7.42. The molecule has 21 heavy (non-hydrogen) atoms. The van der Waals surface area contributed by atoms with Crippen molar-refractivity contribution in [3.63, 3.8) is 0 Å². The molecule has 0 saturated carbocycles. The Balaban J connectivity index is 2.14. The van der Waals surface area contributed by atoms with Crippen molar-refractivity contribution in [3.8, 4) is 6.07 Å². The number of nitrogens with zero attached hydrogens (tertiary/aromatic N) is 3. The zero-order valence-corrected chi connectivity index (χ0v) is 13.1. The molecule has 1 unspecified atom stereocenters. The summed E-state index contributed by atoms with van der Waals surface area (Å²) in [6.45, 7) is 7.01. The van der Waals surface area contributed by atoms with Crippen molar-refractivity contribution < 1.29 is 0 Å². The SMILES string of the molecule is CC(C)Cc1cccn(C2CCCN(CCC#N)C2)c1=O. The number of piperidine rings is 1. The number of hydrogen-bond donors (Lipinski definition) is 0. The van der Waals surface area contributed by atoms with E-state index in [0.717, 1.165) is 44.5 Å². The highest BCUT2D eigenvalue weighted by atomic mass is 16.1. The summed E-state index contributed by atoms with van der Waals surface area (Å²) in [4.78, 5) is 14.9. The van der Waals surface area contributed by atoms with Crippen LogP contribution in [0.1, 0.15) is 44.7 Å². The molecule has 0 aromatic carbocycles. The molecular formula is C17H25N3O. The minimum atomic E-state index is 0.165. The Morgan fingerprint density at radius 2 is 2.29 bits per heavy atom. The molecule has 0 aliphatic carbocycles. The molecule has 0 amide bonds. The van der Waals surface area contributed by atoms with Crippen molar-refractivity contribution in [2.45, 2.75) is 45.6 Å². The van der Waals surface area contributed by atoms with Crippen LogP contribution in [-0.4, -0.2) is 29.1 Å². The van der Waals surface area contributed by atoms with E-state index in [-0.39, 0.29) is 11.6 Å². The molecule has 0 radical (unpaired) electrons. The summed E-state index contributed by atoms with van der Waals surface area (Å²) in [5, 5.41) is 8.71. The van der Waals surface area contributed by atoms with E-state index in [0.29, 0.717) is 12.3 Å². The number of pyridine rings is 1. The summed E-state index contributed by atoms with van der Waals surface area (Å²) in [5.74, 6) is 0.493. The Hall–Kier alpha value is -1.60. The van der Waals surface area contributed by atoms with Gasteiger partial charge in [-0.1, -0.05) is 19.9 Å². The van der Waals surface area contributed by atoms with Crippen LogP contribution >= 0.6 is 0 Å². The van der Waals surface area contributed by atoms with E-state index in [2.05, 4.69) is 24.8 Å². The maximum absolute atomic E-state index is 12.6. The van der Waals surface area contributed by atoms with Gasteiger partial charge < -0.3 is 9.47 Å². The first-order chi connectivity index (χ1) is 10.1. The van der Waals surface area contributed by atoms with Crippen LogP contribution in [0.4, 0.5) is 0 Å². The van der Waals surface area contributed by atoms with Gasteiger partial charge in [0.25, 0.3) is 5.56 Å². The third kappa shape index (κ3) is 4.18. The van der Waals surface area contributed by atoms with Crippen molar-refractivity contribution in [1.29, 1.82) is 5.26 Å². The van der Waals surface area contributed by atoms with Crippen molar-refractivity contribution >= 4 is 0 Å². The smallest absolute Gasteiger partial charge is 0.254 e. The summed E-state index contributed by atoms with van der Waals surface area (Å²) in [6.07, 6.45) is 5.47. The van der Waals surface area contributed by atoms with Crippen LogP contribution in [0.3, 0.4) is 0 Å². The molecule has 1 fully saturated rings. The lowest BCUT2D eigenvalue weighted by Gasteiger charge is -2.33. The molecule has 1 atom stereocenters. The van der Waals surface area contributed by atoms with Gasteiger partial charge in [0.1, 0.15) is 0 Å². The first kappa shape index (κ1) is 15.8. The van der Waals surface area contributed by atoms with Crippen molar-refractivity contribution in [2.24, 2.45) is 5.92 Å². The van der Waals surface area contributed by atoms with Gasteiger partial charge in [-0.25, -0.2) is 0 Å². The molecular weight excluding hydrogens is 262 g/mol. The zero-order chi connectivity index (χ0) is 15.2. The molecule has 0 bridgehead atoms. The lowest BCUT2D eigenvalue weighted by Crippen LogP contribution is -2.40. The Kier molecular flexibility index (Phi) is 5.58. The van der Waals surface area contributed by atoms with Crippen LogP contribution in [0.2, 0.25) is 0 Å². The van der Waals surface area contributed by atoms with Gasteiger partial charge in [0.2, 0.25) is 0 Å². The first-order valence-electron chi connectivity index (χ1n) is 7.91. The lowest BCUT2D eigenvalue weighted by atomic mass is 10.0. The number of rotatable bonds is 5. The molecule has 1 aliphatic heterocycles. The van der Waals surface area contributed by atoms with Crippen LogP contribution in [0, 0.1) is 17.2 Å². The van der Waals surface area contributed by atoms with Crippen LogP contribution in [-0.2, 0) is 6.42 Å². The molecule has 4 heteroatoms. The Morgan fingerprint density at radius 3 is 3.00 bits per heavy atom. The van der Waals surface area contributed by atoms with E-state index >= 15 is 0 Å². The van der Waals surface area contributed by atoms with Gasteiger partial charge in [-0.2, -0.15) is 5.26 Å². The molecule has 1 aromatic heterocycles. The molecule has 1 aliphatic rings. The number of aromatic nitrogens is 1. The summed E-state index contributed by atoms with van der Waals surface area (Å²) in [7, 11) is 0. The quantitative estimate of drug-likeness (QED) is 0.836. The van der Waals surface area contributed by atoms with Crippen molar-refractivity contribution in [3.05, 3.63) is 34.2 Å². The van der Waals surface area contributed by atoms with Crippen molar-refractivity contribution in [2.75, 3.05) is 19.6 Å². The van der Waals surface area contributed by atoms with Crippen LogP contribution in [0.25, 0.3) is 0 Å². The largest absolute Gasteiger partial charge is 0.311 e. The standard InChI is InChI=1S/C17H25N3O/c1-14(2)12-15-6-3-11-20(17(15)21)16-7-4-9-19(13-16)10-5-8-18/h3,6,11,14,16H,4-5,7,9-10,12-13H2,1-2H3. The molecule has 1 aromatic rings. The predicted molar refractivity (Wildman–Crippen MR) is 84.2 cm³/mol. The third-order valence-electron chi connectivity index (χ3n) is 4.10. The maximum atomic E-state index is 12.6. The highest BCUT2D eigenvalue weighted by molar-refractivity contribution is 5.12. The predicted octanol–water partition coefficient (Wildman–Crippen LogP) is 2.60. The van der Waals surface area contributed by atoms with Crippen molar-refractivity contribution in [1.82, 2.24) is 9.47 Å². The highest BCUT2D eigenvalue weighted by Gasteiger charge is 2.22. The first-order valence-corrected chi connectivity index (χ1v) is 7.91. The van der Waals surface area contributed by atoms with E-state index in [1.165, 1.54) is 0 Å². The molecule has 114 valence electrons. The minimum Gasteiger partial charge on any atom is -0.311 e. The number of nitriles is 1. The zero-order valence-electron chi connectivity index (χ0n) is 13.1. The second-order valence-corrected chi connectivity index (χ2v) is 6.35. The molecule has 2 rings (SSSR count). The number of hydrogen-bond acceptors (Lipinski definition) is 3. The Labute approximate surface area is 127 Å². The molecule has 4 nitrogen and oxygen atoms in total. The van der Waals surface area contributed by atoms with Gasteiger partial charge >= 0.3 is 0 Å². The van der Waals surface area contributed by atoms with E-state index in [1.807, 2.05) is 22.9 Å².